The summed E-state index contributed by atoms with van der Waals surface area (Å²) < 4.78 is 10.8. The van der Waals surface area contributed by atoms with E-state index in [9.17, 15) is 9.59 Å². The van der Waals surface area contributed by atoms with Crippen LogP contribution in [0.3, 0.4) is 0 Å². The Morgan fingerprint density at radius 1 is 1.04 bits per heavy atom. The molecule has 0 aliphatic rings. The largest absolute Gasteiger partial charge is 0.485 e. The average molecular weight is 350 g/mol. The third kappa shape index (κ3) is 3.85. The van der Waals surface area contributed by atoms with E-state index >= 15 is 0 Å². The fraction of sp³-hybridized carbons (Fsp3) is 0.273. The van der Waals surface area contributed by atoms with Crippen LogP contribution in [-0.2, 0) is 5.41 Å². The number of rotatable bonds is 4. The molecule has 134 valence electrons. The summed E-state index contributed by atoms with van der Waals surface area (Å²) in [6.45, 7) is 8.17. The van der Waals surface area contributed by atoms with Crippen molar-refractivity contribution in [3.05, 3.63) is 75.6 Å². The van der Waals surface area contributed by atoms with Gasteiger partial charge in [0.25, 0.3) is 0 Å². The van der Waals surface area contributed by atoms with Crippen molar-refractivity contribution in [3.63, 3.8) is 0 Å². The van der Waals surface area contributed by atoms with Gasteiger partial charge in [0.05, 0.1) is 0 Å². The Kier molecular flexibility index (Phi) is 4.68. The molecule has 0 amide bonds. The molecule has 0 bridgehead atoms. The maximum Gasteiger partial charge on any atom is 0.336 e. The predicted molar refractivity (Wildman–Crippen MR) is 102 cm³/mol. The zero-order chi connectivity index (χ0) is 18.9. The van der Waals surface area contributed by atoms with E-state index in [-0.39, 0.29) is 17.8 Å². The highest BCUT2D eigenvalue weighted by Gasteiger charge is 2.14. The van der Waals surface area contributed by atoms with Gasteiger partial charge in [-0.15, -0.1) is 0 Å². The van der Waals surface area contributed by atoms with Crippen LogP contribution in [-0.4, -0.2) is 12.4 Å². The summed E-state index contributed by atoms with van der Waals surface area (Å²) in [6, 6.07) is 14.3. The van der Waals surface area contributed by atoms with E-state index in [2.05, 4.69) is 20.8 Å². The highest BCUT2D eigenvalue weighted by atomic mass is 16.5. The van der Waals surface area contributed by atoms with Crippen molar-refractivity contribution in [2.75, 3.05) is 6.61 Å². The van der Waals surface area contributed by atoms with E-state index in [4.69, 9.17) is 9.15 Å². The first-order valence-corrected chi connectivity index (χ1v) is 8.55. The number of hydrogen-bond acceptors (Lipinski definition) is 4. The number of aryl methyl sites for hydroxylation is 1. The summed E-state index contributed by atoms with van der Waals surface area (Å²) in [6.07, 6.45) is 0. The molecular formula is C22H22O4. The molecule has 0 radical (unpaired) electrons. The minimum absolute atomic E-state index is 0.0468. The summed E-state index contributed by atoms with van der Waals surface area (Å²) in [5.74, 6) is 0.391. The van der Waals surface area contributed by atoms with E-state index in [1.54, 1.807) is 12.1 Å². The summed E-state index contributed by atoms with van der Waals surface area (Å²) in [4.78, 5) is 23.9. The molecule has 2 aromatic carbocycles. The summed E-state index contributed by atoms with van der Waals surface area (Å²) in [5, 5.41) is 0.848. The molecule has 1 aromatic heterocycles. The summed E-state index contributed by atoms with van der Waals surface area (Å²) in [7, 11) is 0. The van der Waals surface area contributed by atoms with E-state index in [0.717, 1.165) is 10.9 Å². The molecule has 0 unspecified atom stereocenters. The van der Waals surface area contributed by atoms with Gasteiger partial charge in [0.2, 0.25) is 0 Å². The fourth-order valence-corrected chi connectivity index (χ4v) is 2.78. The number of carbonyl (C=O) groups is 1. The SMILES string of the molecule is Cc1cc(=O)oc2cc(OCC(=O)c3ccc(C(C)(C)C)cc3)ccc12. The minimum atomic E-state index is -0.401. The van der Waals surface area contributed by atoms with Gasteiger partial charge in [-0.3, -0.25) is 4.79 Å². The smallest absolute Gasteiger partial charge is 0.336 e. The number of ketones is 1. The van der Waals surface area contributed by atoms with Gasteiger partial charge in [-0.1, -0.05) is 45.0 Å². The van der Waals surface area contributed by atoms with Crippen molar-refractivity contribution >= 4 is 16.8 Å². The van der Waals surface area contributed by atoms with Crippen molar-refractivity contribution in [1.29, 1.82) is 0 Å². The Morgan fingerprint density at radius 3 is 2.38 bits per heavy atom. The molecule has 0 saturated heterocycles. The lowest BCUT2D eigenvalue weighted by Crippen LogP contribution is -2.14. The molecule has 26 heavy (non-hydrogen) atoms. The third-order valence-electron chi connectivity index (χ3n) is 4.37. The highest BCUT2D eigenvalue weighted by molar-refractivity contribution is 5.97. The van der Waals surface area contributed by atoms with Crippen molar-refractivity contribution < 1.29 is 13.9 Å². The lowest BCUT2D eigenvalue weighted by molar-refractivity contribution is 0.0921. The second-order valence-electron chi connectivity index (χ2n) is 7.45. The van der Waals surface area contributed by atoms with Crippen molar-refractivity contribution in [1.82, 2.24) is 0 Å². The number of carbonyl (C=O) groups excluding carboxylic acids is 1. The maximum atomic E-state index is 12.4. The fourth-order valence-electron chi connectivity index (χ4n) is 2.78. The number of ether oxygens (including phenoxy) is 1. The molecule has 0 saturated carbocycles. The van der Waals surface area contributed by atoms with Crippen LogP contribution < -0.4 is 10.4 Å². The number of hydrogen-bond donors (Lipinski definition) is 0. The van der Waals surface area contributed by atoms with Gasteiger partial charge in [0.15, 0.2) is 12.4 Å². The van der Waals surface area contributed by atoms with Gasteiger partial charge in [-0.25, -0.2) is 4.79 Å². The van der Waals surface area contributed by atoms with Crippen molar-refractivity contribution in [2.45, 2.75) is 33.1 Å². The molecule has 0 fully saturated rings. The van der Waals surface area contributed by atoms with Gasteiger partial charge >= 0.3 is 5.63 Å². The van der Waals surface area contributed by atoms with Crippen LogP contribution in [0.2, 0.25) is 0 Å². The van der Waals surface area contributed by atoms with Crippen LogP contribution >= 0.6 is 0 Å². The Balaban J connectivity index is 1.73. The lowest BCUT2D eigenvalue weighted by Gasteiger charge is -2.19. The first-order valence-electron chi connectivity index (χ1n) is 8.55. The quantitative estimate of drug-likeness (QED) is 0.507. The number of fused-ring (bicyclic) bond motifs is 1. The van der Waals surface area contributed by atoms with E-state index in [1.165, 1.54) is 11.6 Å². The van der Waals surface area contributed by atoms with Gasteiger partial charge in [0.1, 0.15) is 11.3 Å². The zero-order valence-electron chi connectivity index (χ0n) is 15.5. The standard InChI is InChI=1S/C22H22O4/c1-14-11-21(24)26-20-12-17(9-10-18(14)20)25-13-19(23)15-5-7-16(8-6-15)22(2,3)4/h5-12H,13H2,1-4H3. The van der Waals surface area contributed by atoms with Crippen LogP contribution in [0, 0.1) is 6.92 Å². The Labute approximate surface area is 152 Å². The molecule has 0 N–H and O–H groups in total. The summed E-state index contributed by atoms with van der Waals surface area (Å²) >= 11 is 0. The first-order chi connectivity index (χ1) is 12.2. The molecule has 0 spiro atoms. The Morgan fingerprint density at radius 2 is 1.73 bits per heavy atom. The topological polar surface area (TPSA) is 56.5 Å². The molecule has 1 heterocycles. The van der Waals surface area contributed by atoms with Crippen LogP contribution in [0.5, 0.6) is 5.75 Å². The maximum absolute atomic E-state index is 12.4. The van der Waals surface area contributed by atoms with E-state index in [1.807, 2.05) is 37.3 Å². The van der Waals surface area contributed by atoms with E-state index in [0.29, 0.717) is 16.9 Å². The average Bonchev–Trinajstić information content (AvgIpc) is 2.58. The van der Waals surface area contributed by atoms with Crippen LogP contribution in [0.4, 0.5) is 0 Å². The minimum Gasteiger partial charge on any atom is -0.485 e. The molecule has 4 heteroatoms. The van der Waals surface area contributed by atoms with Crippen molar-refractivity contribution in [2.24, 2.45) is 0 Å². The first kappa shape index (κ1) is 17.9. The van der Waals surface area contributed by atoms with Gasteiger partial charge in [0, 0.05) is 23.1 Å². The van der Waals surface area contributed by atoms with Gasteiger partial charge in [-0.05, 0) is 35.6 Å². The van der Waals surface area contributed by atoms with Crippen LogP contribution in [0.15, 0.2) is 57.7 Å². The van der Waals surface area contributed by atoms with Crippen LogP contribution in [0.1, 0.15) is 42.3 Å². The number of benzene rings is 2. The predicted octanol–water partition coefficient (Wildman–Crippen LogP) is 4.66. The normalized spacial score (nSPS) is 11.5. The molecule has 3 rings (SSSR count). The Hall–Kier alpha value is -2.88. The zero-order valence-corrected chi connectivity index (χ0v) is 15.5. The second kappa shape index (κ2) is 6.79. The highest BCUT2D eigenvalue weighted by Crippen LogP contribution is 2.24. The van der Waals surface area contributed by atoms with Gasteiger partial charge in [-0.2, -0.15) is 0 Å². The molecular weight excluding hydrogens is 328 g/mol. The molecule has 0 aliphatic carbocycles. The monoisotopic (exact) mass is 350 g/mol. The molecule has 0 aliphatic heterocycles. The van der Waals surface area contributed by atoms with Crippen molar-refractivity contribution in [3.8, 4) is 5.75 Å². The second-order valence-corrected chi connectivity index (χ2v) is 7.45. The van der Waals surface area contributed by atoms with Gasteiger partial charge < -0.3 is 9.15 Å². The third-order valence-corrected chi connectivity index (χ3v) is 4.37. The van der Waals surface area contributed by atoms with Crippen LogP contribution in [0.25, 0.3) is 11.0 Å². The molecule has 4 nitrogen and oxygen atoms in total. The Bertz CT molecular complexity index is 1000. The molecule has 0 atom stereocenters. The molecule has 3 aromatic rings. The lowest BCUT2D eigenvalue weighted by atomic mass is 9.86. The van der Waals surface area contributed by atoms with E-state index < -0.39 is 5.63 Å². The number of Topliss-reactive ketones (excluding diaryl/α,β-unsaturated/α-hetero) is 1. The summed E-state index contributed by atoms with van der Waals surface area (Å²) in [5.41, 5.74) is 2.73.